The van der Waals surface area contributed by atoms with Crippen molar-refractivity contribution in [3.8, 4) is 0 Å². The lowest BCUT2D eigenvalue weighted by Gasteiger charge is -2.31. The SMILES string of the molecule is CNC(O)C(CC1CCC(OC(F)(F)F)CC1)SO. The van der Waals surface area contributed by atoms with Gasteiger partial charge >= 0.3 is 6.36 Å². The van der Waals surface area contributed by atoms with Crippen molar-refractivity contribution in [2.24, 2.45) is 5.92 Å². The molecule has 19 heavy (non-hydrogen) atoms. The molecule has 1 aliphatic carbocycles. The number of rotatable bonds is 6. The van der Waals surface area contributed by atoms with Crippen LogP contribution in [-0.2, 0) is 4.74 Å². The average molecular weight is 303 g/mol. The molecule has 114 valence electrons. The van der Waals surface area contributed by atoms with Crippen LogP contribution in [0.5, 0.6) is 0 Å². The van der Waals surface area contributed by atoms with Crippen LogP contribution in [-0.4, -0.2) is 40.7 Å². The van der Waals surface area contributed by atoms with Gasteiger partial charge in [0.2, 0.25) is 0 Å². The zero-order valence-corrected chi connectivity index (χ0v) is 11.5. The van der Waals surface area contributed by atoms with Gasteiger partial charge in [0.25, 0.3) is 0 Å². The van der Waals surface area contributed by atoms with Crippen molar-refractivity contribution in [2.45, 2.75) is 56.0 Å². The number of halogens is 3. The monoisotopic (exact) mass is 303 g/mol. The first-order valence-corrected chi connectivity index (χ1v) is 7.09. The molecule has 1 rings (SSSR count). The second-order valence-electron chi connectivity index (χ2n) is 4.82. The Balaban J connectivity index is 2.33. The molecule has 8 heteroatoms. The maximum atomic E-state index is 12.1. The van der Waals surface area contributed by atoms with Crippen molar-refractivity contribution < 1.29 is 27.6 Å². The normalized spacial score (nSPS) is 28.1. The average Bonchev–Trinajstić information content (AvgIpc) is 2.35. The minimum Gasteiger partial charge on any atom is -0.377 e. The number of hydrogen-bond donors (Lipinski definition) is 3. The van der Waals surface area contributed by atoms with E-state index in [-0.39, 0.29) is 11.2 Å². The third-order valence-corrected chi connectivity index (χ3v) is 4.16. The Hall–Kier alpha value is -0.0200. The summed E-state index contributed by atoms with van der Waals surface area (Å²) in [6.45, 7) is 0. The third kappa shape index (κ3) is 6.31. The molecule has 0 aromatic heterocycles. The summed E-state index contributed by atoms with van der Waals surface area (Å²) in [5.74, 6) is 0.209. The highest BCUT2D eigenvalue weighted by atomic mass is 32.2. The lowest BCUT2D eigenvalue weighted by molar-refractivity contribution is -0.345. The van der Waals surface area contributed by atoms with Crippen LogP contribution in [0.2, 0.25) is 0 Å². The first kappa shape index (κ1) is 17.0. The number of aliphatic hydroxyl groups excluding tert-OH is 1. The van der Waals surface area contributed by atoms with Crippen molar-refractivity contribution in [3.05, 3.63) is 0 Å². The van der Waals surface area contributed by atoms with Crippen molar-refractivity contribution >= 4 is 12.0 Å². The van der Waals surface area contributed by atoms with E-state index in [9.17, 15) is 18.3 Å². The molecule has 3 N–H and O–H groups in total. The summed E-state index contributed by atoms with van der Waals surface area (Å²) in [6, 6.07) is 0. The van der Waals surface area contributed by atoms with Crippen molar-refractivity contribution in [1.82, 2.24) is 5.32 Å². The number of ether oxygens (including phenoxy) is 1. The molecule has 1 aliphatic rings. The van der Waals surface area contributed by atoms with Gasteiger partial charge in [-0.25, -0.2) is 0 Å². The summed E-state index contributed by atoms with van der Waals surface area (Å²) in [5.41, 5.74) is 0. The number of hydrogen-bond acceptors (Lipinski definition) is 5. The van der Waals surface area contributed by atoms with E-state index in [1.54, 1.807) is 7.05 Å². The molecule has 0 aliphatic heterocycles. The van der Waals surface area contributed by atoms with Gasteiger partial charge in [0.15, 0.2) is 0 Å². The summed E-state index contributed by atoms with van der Waals surface area (Å²) >= 11 is 0.583. The van der Waals surface area contributed by atoms with E-state index in [1.165, 1.54) is 0 Å². The lowest BCUT2D eigenvalue weighted by Crippen LogP contribution is -2.37. The first-order chi connectivity index (χ1) is 8.85. The van der Waals surface area contributed by atoms with Crippen LogP contribution in [0.25, 0.3) is 0 Å². The summed E-state index contributed by atoms with van der Waals surface area (Å²) in [7, 11) is 1.59. The zero-order chi connectivity index (χ0) is 14.5. The van der Waals surface area contributed by atoms with E-state index in [1.807, 2.05) is 0 Å². The van der Waals surface area contributed by atoms with Crippen LogP contribution in [0, 0.1) is 5.92 Å². The molecule has 0 radical (unpaired) electrons. The predicted octanol–water partition coefficient (Wildman–Crippen LogP) is 2.58. The van der Waals surface area contributed by atoms with Crippen LogP contribution in [0.1, 0.15) is 32.1 Å². The summed E-state index contributed by atoms with van der Waals surface area (Å²) < 4.78 is 49.3. The van der Waals surface area contributed by atoms with Gasteiger partial charge in [-0.15, -0.1) is 13.2 Å². The van der Waals surface area contributed by atoms with Gasteiger partial charge in [-0.05, 0) is 57.1 Å². The van der Waals surface area contributed by atoms with Crippen LogP contribution >= 0.6 is 12.0 Å². The quantitative estimate of drug-likeness (QED) is 0.520. The van der Waals surface area contributed by atoms with Gasteiger partial charge in [-0.3, -0.25) is 10.1 Å². The molecular formula is C11H20F3NO3S. The van der Waals surface area contributed by atoms with Gasteiger partial charge in [0.05, 0.1) is 11.4 Å². The molecule has 2 atom stereocenters. The van der Waals surface area contributed by atoms with Gasteiger partial charge < -0.3 is 9.66 Å². The van der Waals surface area contributed by atoms with E-state index in [2.05, 4.69) is 10.1 Å². The second-order valence-corrected chi connectivity index (χ2v) is 5.64. The molecule has 0 aromatic carbocycles. The van der Waals surface area contributed by atoms with Crippen LogP contribution < -0.4 is 5.32 Å². The molecule has 4 nitrogen and oxygen atoms in total. The Morgan fingerprint density at radius 1 is 1.32 bits per heavy atom. The topological polar surface area (TPSA) is 61.7 Å². The van der Waals surface area contributed by atoms with Gasteiger partial charge in [-0.2, -0.15) is 0 Å². The molecule has 0 saturated heterocycles. The molecule has 0 bridgehead atoms. The van der Waals surface area contributed by atoms with Crippen molar-refractivity contribution in [1.29, 1.82) is 0 Å². The zero-order valence-electron chi connectivity index (χ0n) is 10.7. The first-order valence-electron chi connectivity index (χ1n) is 6.25. The highest BCUT2D eigenvalue weighted by molar-refractivity contribution is 7.94. The van der Waals surface area contributed by atoms with E-state index in [4.69, 9.17) is 4.55 Å². The Labute approximate surface area is 114 Å². The van der Waals surface area contributed by atoms with Crippen LogP contribution in [0.4, 0.5) is 13.2 Å². The Morgan fingerprint density at radius 3 is 2.32 bits per heavy atom. The van der Waals surface area contributed by atoms with Crippen molar-refractivity contribution in [2.75, 3.05) is 7.05 Å². The maximum absolute atomic E-state index is 12.1. The Morgan fingerprint density at radius 2 is 1.89 bits per heavy atom. The number of aliphatic hydroxyl groups is 1. The van der Waals surface area contributed by atoms with Gasteiger partial charge in [-0.1, -0.05) is 0 Å². The smallest absolute Gasteiger partial charge is 0.377 e. The molecule has 0 aromatic rings. The largest absolute Gasteiger partial charge is 0.522 e. The summed E-state index contributed by atoms with van der Waals surface area (Å²) in [4.78, 5) is 0. The van der Waals surface area contributed by atoms with Crippen molar-refractivity contribution in [3.63, 3.8) is 0 Å². The fourth-order valence-electron chi connectivity index (χ4n) is 2.42. The molecule has 1 fully saturated rings. The lowest BCUT2D eigenvalue weighted by atomic mass is 9.84. The second kappa shape index (κ2) is 7.68. The molecule has 2 unspecified atom stereocenters. The minimum atomic E-state index is -4.57. The highest BCUT2D eigenvalue weighted by Crippen LogP contribution is 2.34. The minimum absolute atomic E-state index is 0.209. The van der Waals surface area contributed by atoms with E-state index >= 15 is 0 Å². The van der Waals surface area contributed by atoms with Gasteiger partial charge in [0.1, 0.15) is 6.23 Å². The standard InChI is InChI=1S/C11H20F3NO3S/c1-15-10(16)9(19-17)6-7-2-4-8(5-3-7)18-11(12,13)14/h7-10,15-17H,2-6H2,1H3. The highest BCUT2D eigenvalue weighted by Gasteiger charge is 2.36. The number of nitrogens with one attached hydrogen (secondary N) is 1. The summed E-state index contributed by atoms with van der Waals surface area (Å²) in [5, 5.41) is 11.9. The molecule has 0 heterocycles. The van der Waals surface area contributed by atoms with E-state index in [0.717, 1.165) is 0 Å². The third-order valence-electron chi connectivity index (χ3n) is 3.44. The van der Waals surface area contributed by atoms with Crippen LogP contribution in [0.3, 0.4) is 0 Å². The molecule has 0 amide bonds. The molecule has 0 spiro atoms. The fraction of sp³-hybridized carbons (Fsp3) is 1.00. The maximum Gasteiger partial charge on any atom is 0.522 e. The fourth-order valence-corrected chi connectivity index (χ4v) is 3.03. The summed E-state index contributed by atoms with van der Waals surface area (Å²) in [6.07, 6.45) is -3.61. The molecule has 1 saturated carbocycles. The Kier molecular flexibility index (Phi) is 6.89. The van der Waals surface area contributed by atoms with Crippen LogP contribution in [0.15, 0.2) is 0 Å². The van der Waals surface area contributed by atoms with Gasteiger partial charge in [0, 0.05) is 0 Å². The Bertz CT molecular complexity index is 260. The molecular weight excluding hydrogens is 283 g/mol. The predicted molar refractivity (Wildman–Crippen MR) is 66.6 cm³/mol. The van der Waals surface area contributed by atoms with E-state index < -0.39 is 18.7 Å². The van der Waals surface area contributed by atoms with E-state index in [0.29, 0.717) is 44.1 Å². The number of alkyl halides is 3.